The van der Waals surface area contributed by atoms with Gasteiger partial charge in [-0.2, -0.15) is 0 Å². The minimum absolute atomic E-state index is 0.607. The van der Waals surface area contributed by atoms with E-state index in [0.29, 0.717) is 6.54 Å². The van der Waals surface area contributed by atoms with Crippen molar-refractivity contribution >= 4 is 15.9 Å². The number of nitrogens with one attached hydrogen (secondary N) is 1. The second-order valence-electron chi connectivity index (χ2n) is 4.54. The van der Waals surface area contributed by atoms with Crippen molar-refractivity contribution in [3.63, 3.8) is 0 Å². The van der Waals surface area contributed by atoms with Crippen LogP contribution in [0.4, 0.5) is 0 Å². The number of halogens is 1. The van der Waals surface area contributed by atoms with E-state index in [0.717, 1.165) is 17.4 Å². The molecule has 0 aliphatic carbocycles. The number of hydrogen-bond donors (Lipinski definition) is 2. The van der Waals surface area contributed by atoms with E-state index >= 15 is 0 Å². The average Bonchev–Trinajstić information content (AvgIpc) is 2.23. The van der Waals surface area contributed by atoms with Gasteiger partial charge in [-0.3, -0.25) is 0 Å². The molecule has 0 saturated carbocycles. The topological polar surface area (TPSA) is 32.3 Å². The first-order valence-corrected chi connectivity index (χ1v) is 6.42. The number of aryl methyl sites for hydroxylation is 1. The van der Waals surface area contributed by atoms with Gasteiger partial charge < -0.3 is 10.4 Å². The SMILES string of the molecule is CCC(C)(O)CNCc1ccc(Br)c(C)c1. The fourth-order valence-electron chi connectivity index (χ4n) is 1.42. The summed E-state index contributed by atoms with van der Waals surface area (Å²) in [5.41, 5.74) is 1.87. The van der Waals surface area contributed by atoms with Gasteiger partial charge in [0.2, 0.25) is 0 Å². The zero-order valence-corrected chi connectivity index (χ0v) is 11.8. The molecule has 16 heavy (non-hydrogen) atoms. The first kappa shape index (κ1) is 13.7. The minimum atomic E-state index is -0.607. The fraction of sp³-hybridized carbons (Fsp3) is 0.538. The molecule has 0 heterocycles. The first-order valence-electron chi connectivity index (χ1n) is 5.63. The molecular formula is C13H20BrNO. The van der Waals surface area contributed by atoms with Gasteiger partial charge >= 0.3 is 0 Å². The summed E-state index contributed by atoms with van der Waals surface area (Å²) in [5.74, 6) is 0. The summed E-state index contributed by atoms with van der Waals surface area (Å²) in [5, 5.41) is 13.1. The van der Waals surface area contributed by atoms with Crippen LogP contribution < -0.4 is 5.32 Å². The predicted octanol–water partition coefficient (Wildman–Crippen LogP) is 3.01. The first-order chi connectivity index (χ1) is 7.44. The Bertz CT molecular complexity index is 350. The highest BCUT2D eigenvalue weighted by molar-refractivity contribution is 9.10. The normalized spacial score (nSPS) is 14.8. The van der Waals surface area contributed by atoms with E-state index in [1.54, 1.807) is 0 Å². The van der Waals surface area contributed by atoms with Crippen molar-refractivity contribution in [1.29, 1.82) is 0 Å². The molecule has 1 unspecified atom stereocenters. The molecule has 0 spiro atoms. The predicted molar refractivity (Wildman–Crippen MR) is 71.5 cm³/mol. The summed E-state index contributed by atoms with van der Waals surface area (Å²) in [7, 11) is 0. The number of rotatable bonds is 5. The molecule has 2 nitrogen and oxygen atoms in total. The Balaban J connectivity index is 2.46. The van der Waals surface area contributed by atoms with Gasteiger partial charge in [-0.05, 0) is 37.5 Å². The summed E-state index contributed by atoms with van der Waals surface area (Å²) in [6.45, 7) is 7.34. The van der Waals surface area contributed by atoms with E-state index in [1.807, 2.05) is 13.8 Å². The molecule has 1 rings (SSSR count). The van der Waals surface area contributed by atoms with Crippen LogP contribution in [-0.4, -0.2) is 17.3 Å². The van der Waals surface area contributed by atoms with Crippen molar-refractivity contribution in [3.8, 4) is 0 Å². The van der Waals surface area contributed by atoms with Crippen LogP contribution in [0.2, 0.25) is 0 Å². The molecule has 0 saturated heterocycles. The van der Waals surface area contributed by atoms with E-state index in [2.05, 4.69) is 46.4 Å². The van der Waals surface area contributed by atoms with E-state index in [9.17, 15) is 5.11 Å². The number of benzene rings is 1. The Morgan fingerprint density at radius 1 is 1.44 bits per heavy atom. The second kappa shape index (κ2) is 5.80. The Kier molecular flexibility index (Phi) is 4.96. The van der Waals surface area contributed by atoms with Crippen molar-refractivity contribution < 1.29 is 5.11 Å². The fourth-order valence-corrected chi connectivity index (χ4v) is 1.66. The molecule has 0 amide bonds. The van der Waals surface area contributed by atoms with Gasteiger partial charge in [-0.1, -0.05) is 35.0 Å². The van der Waals surface area contributed by atoms with Crippen LogP contribution in [0.3, 0.4) is 0 Å². The van der Waals surface area contributed by atoms with Crippen molar-refractivity contribution in [2.45, 2.75) is 39.3 Å². The molecule has 1 aromatic rings. The highest BCUT2D eigenvalue weighted by Gasteiger charge is 2.16. The summed E-state index contributed by atoms with van der Waals surface area (Å²) in [4.78, 5) is 0. The van der Waals surface area contributed by atoms with E-state index in [1.165, 1.54) is 11.1 Å². The average molecular weight is 286 g/mol. The van der Waals surface area contributed by atoms with Gasteiger partial charge in [0.05, 0.1) is 5.60 Å². The molecule has 1 atom stereocenters. The second-order valence-corrected chi connectivity index (χ2v) is 5.39. The van der Waals surface area contributed by atoms with Crippen LogP contribution >= 0.6 is 15.9 Å². The third kappa shape index (κ3) is 4.24. The molecule has 0 bridgehead atoms. The van der Waals surface area contributed by atoms with Gasteiger partial charge in [0.25, 0.3) is 0 Å². The largest absolute Gasteiger partial charge is 0.389 e. The van der Waals surface area contributed by atoms with Gasteiger partial charge in [0.15, 0.2) is 0 Å². The molecule has 2 N–H and O–H groups in total. The van der Waals surface area contributed by atoms with Crippen molar-refractivity contribution in [2.24, 2.45) is 0 Å². The highest BCUT2D eigenvalue weighted by Crippen LogP contribution is 2.17. The van der Waals surface area contributed by atoms with Gasteiger partial charge in [-0.15, -0.1) is 0 Å². The van der Waals surface area contributed by atoms with Gasteiger partial charge in [0.1, 0.15) is 0 Å². The maximum Gasteiger partial charge on any atom is 0.0741 e. The summed E-state index contributed by atoms with van der Waals surface area (Å²) in [6.07, 6.45) is 0.763. The molecule has 90 valence electrons. The van der Waals surface area contributed by atoms with Crippen LogP contribution in [-0.2, 0) is 6.54 Å². The molecular weight excluding hydrogens is 266 g/mol. The molecule has 3 heteroatoms. The van der Waals surface area contributed by atoms with E-state index < -0.39 is 5.60 Å². The van der Waals surface area contributed by atoms with Crippen LogP contribution in [0.5, 0.6) is 0 Å². The Morgan fingerprint density at radius 2 is 2.12 bits per heavy atom. The van der Waals surface area contributed by atoms with Crippen LogP contribution in [0.1, 0.15) is 31.4 Å². The molecule has 0 aromatic heterocycles. The van der Waals surface area contributed by atoms with Crippen LogP contribution in [0.15, 0.2) is 22.7 Å². The van der Waals surface area contributed by atoms with Crippen molar-refractivity contribution in [3.05, 3.63) is 33.8 Å². The lowest BCUT2D eigenvalue weighted by atomic mass is 10.0. The number of hydrogen-bond acceptors (Lipinski definition) is 2. The maximum absolute atomic E-state index is 9.83. The number of aliphatic hydroxyl groups is 1. The zero-order chi connectivity index (χ0) is 12.2. The maximum atomic E-state index is 9.83. The monoisotopic (exact) mass is 285 g/mol. The third-order valence-corrected chi connectivity index (χ3v) is 3.71. The molecule has 0 fully saturated rings. The van der Waals surface area contributed by atoms with Crippen LogP contribution in [0, 0.1) is 6.92 Å². The van der Waals surface area contributed by atoms with Gasteiger partial charge in [-0.25, -0.2) is 0 Å². The Hall–Kier alpha value is -0.380. The summed E-state index contributed by atoms with van der Waals surface area (Å²) >= 11 is 3.48. The van der Waals surface area contributed by atoms with Gasteiger partial charge in [0, 0.05) is 17.6 Å². The minimum Gasteiger partial charge on any atom is -0.389 e. The quantitative estimate of drug-likeness (QED) is 0.872. The lowest BCUT2D eigenvalue weighted by molar-refractivity contribution is 0.0555. The summed E-state index contributed by atoms with van der Waals surface area (Å²) < 4.78 is 1.14. The third-order valence-electron chi connectivity index (χ3n) is 2.82. The molecule has 0 aliphatic rings. The lowest BCUT2D eigenvalue weighted by Gasteiger charge is -2.21. The van der Waals surface area contributed by atoms with Crippen molar-refractivity contribution in [2.75, 3.05) is 6.54 Å². The Labute approximate surface area is 106 Å². The summed E-state index contributed by atoms with van der Waals surface area (Å²) in [6, 6.07) is 6.30. The smallest absolute Gasteiger partial charge is 0.0741 e. The van der Waals surface area contributed by atoms with E-state index in [-0.39, 0.29) is 0 Å². The lowest BCUT2D eigenvalue weighted by Crippen LogP contribution is -2.36. The standard InChI is InChI=1S/C13H20BrNO/c1-4-13(3,16)9-15-8-11-5-6-12(14)10(2)7-11/h5-7,15-16H,4,8-9H2,1-3H3. The van der Waals surface area contributed by atoms with Crippen molar-refractivity contribution in [1.82, 2.24) is 5.32 Å². The molecule has 0 aliphatic heterocycles. The Morgan fingerprint density at radius 3 is 2.69 bits per heavy atom. The van der Waals surface area contributed by atoms with Crippen LogP contribution in [0.25, 0.3) is 0 Å². The molecule has 0 radical (unpaired) electrons. The molecule has 1 aromatic carbocycles. The highest BCUT2D eigenvalue weighted by atomic mass is 79.9. The zero-order valence-electron chi connectivity index (χ0n) is 10.2. The van der Waals surface area contributed by atoms with E-state index in [4.69, 9.17) is 0 Å².